The van der Waals surface area contributed by atoms with E-state index in [1.165, 1.54) is 26.7 Å². The fraction of sp³-hybridized carbons (Fsp3) is 0.0714. The molecule has 0 atom stereocenters. The van der Waals surface area contributed by atoms with Crippen LogP contribution >= 0.6 is 82.3 Å². The van der Waals surface area contributed by atoms with Gasteiger partial charge in [-0.3, -0.25) is 4.98 Å². The van der Waals surface area contributed by atoms with E-state index >= 15 is 0 Å². The van der Waals surface area contributed by atoms with Gasteiger partial charge in [0.25, 0.3) is 0 Å². The Kier molecular flexibility index (Phi) is 5.57. The molecule has 1 nitrogen and oxygen atoms in total. The van der Waals surface area contributed by atoms with Crippen LogP contribution in [0, 0.1) is 0 Å². The average Bonchev–Trinajstić information content (AvgIpc) is 3.20. The van der Waals surface area contributed by atoms with E-state index in [1.807, 2.05) is 94.7 Å². The van der Waals surface area contributed by atoms with Crippen LogP contribution in [0.2, 0.25) is 0 Å². The zero-order valence-electron chi connectivity index (χ0n) is 11.1. The smallest absolute Gasteiger partial charge is 0.0717 e. The molecule has 0 saturated carbocycles. The topological polar surface area (TPSA) is 12.9 Å². The monoisotopic (exact) mass is 415 g/mol. The van der Waals surface area contributed by atoms with Gasteiger partial charge >= 0.3 is 0 Å². The first-order valence-electron chi connectivity index (χ1n) is 6.27. The second kappa shape index (κ2) is 7.63. The molecular formula is C14H9NS7. The number of pyridine rings is 1. The Hall–Kier alpha value is 0.560. The minimum Gasteiger partial charge on any atom is -0.265 e. The molecule has 4 rings (SSSR count). The summed E-state index contributed by atoms with van der Waals surface area (Å²) in [5.74, 6) is 1.01. The maximum absolute atomic E-state index is 4.07. The normalized spacial score (nSPS) is 20.6. The van der Waals surface area contributed by atoms with Gasteiger partial charge in [-0.1, -0.05) is 70.6 Å². The summed E-state index contributed by atoms with van der Waals surface area (Å²) >= 11 is 13.2. The van der Waals surface area contributed by atoms with Crippen LogP contribution in [0.1, 0.15) is 5.56 Å². The molecule has 0 amide bonds. The molecule has 0 aliphatic carbocycles. The van der Waals surface area contributed by atoms with Gasteiger partial charge in [0.1, 0.15) is 0 Å². The minimum absolute atomic E-state index is 1.01. The van der Waals surface area contributed by atoms with E-state index in [0.29, 0.717) is 0 Å². The molecule has 0 fully saturated rings. The molecule has 3 aliphatic rings. The third-order valence-corrected chi connectivity index (χ3v) is 12.2. The summed E-state index contributed by atoms with van der Waals surface area (Å²) in [4.78, 5) is 4.07. The van der Waals surface area contributed by atoms with Crippen molar-refractivity contribution in [3.63, 3.8) is 0 Å². The van der Waals surface area contributed by atoms with Crippen LogP contribution in [-0.4, -0.2) is 4.98 Å². The minimum atomic E-state index is 1.01. The van der Waals surface area contributed by atoms with Crippen molar-refractivity contribution in [2.24, 2.45) is 0 Å². The largest absolute Gasteiger partial charge is 0.265 e. The van der Waals surface area contributed by atoms with Crippen molar-refractivity contribution in [2.45, 2.75) is 5.75 Å². The van der Waals surface area contributed by atoms with E-state index in [9.17, 15) is 0 Å². The Morgan fingerprint density at radius 1 is 0.818 bits per heavy atom. The summed E-state index contributed by atoms with van der Waals surface area (Å²) in [5.41, 5.74) is 1.33. The van der Waals surface area contributed by atoms with Crippen LogP contribution in [0.5, 0.6) is 0 Å². The van der Waals surface area contributed by atoms with E-state index < -0.39 is 0 Å². The number of hydrogen-bond acceptors (Lipinski definition) is 8. The second-order valence-corrected chi connectivity index (χ2v) is 12.3. The van der Waals surface area contributed by atoms with Gasteiger partial charge in [0, 0.05) is 18.1 Å². The highest BCUT2D eigenvalue weighted by molar-refractivity contribution is 8.44. The maximum atomic E-state index is 4.07. The molecule has 0 radical (unpaired) electrons. The molecule has 8 heteroatoms. The Morgan fingerprint density at radius 3 is 2.23 bits per heavy atom. The Bertz CT molecular complexity index is 683. The second-order valence-electron chi connectivity index (χ2n) is 4.16. The molecule has 0 unspecified atom stereocenters. The summed E-state index contributed by atoms with van der Waals surface area (Å²) in [5, 5.41) is 6.64. The van der Waals surface area contributed by atoms with Crippen molar-refractivity contribution in [1.29, 1.82) is 0 Å². The number of thioether (sulfide) groups is 7. The molecule has 0 bridgehead atoms. The summed E-state index contributed by atoms with van der Waals surface area (Å²) in [7, 11) is 0. The summed E-state index contributed by atoms with van der Waals surface area (Å²) in [6, 6.07) is 4.17. The fourth-order valence-electron chi connectivity index (χ4n) is 1.71. The highest BCUT2D eigenvalue weighted by Gasteiger charge is 2.28. The molecule has 0 spiro atoms. The first kappa shape index (κ1) is 16.1. The van der Waals surface area contributed by atoms with Gasteiger partial charge in [-0.05, 0) is 33.9 Å². The van der Waals surface area contributed by atoms with Crippen LogP contribution < -0.4 is 0 Å². The molecule has 112 valence electrons. The van der Waals surface area contributed by atoms with Gasteiger partial charge in [0.15, 0.2) is 0 Å². The van der Waals surface area contributed by atoms with Crippen LogP contribution in [0.4, 0.5) is 0 Å². The van der Waals surface area contributed by atoms with E-state index in [4.69, 9.17) is 0 Å². The molecule has 4 heterocycles. The lowest BCUT2D eigenvalue weighted by molar-refractivity contribution is 1.27. The first-order chi connectivity index (χ1) is 10.9. The molecular weight excluding hydrogens is 407 g/mol. The Labute approximate surface area is 159 Å². The molecule has 1 aromatic rings. The summed E-state index contributed by atoms with van der Waals surface area (Å²) < 4.78 is 7.16. The number of hydrogen-bond donors (Lipinski definition) is 0. The van der Waals surface area contributed by atoms with Crippen molar-refractivity contribution in [3.05, 3.63) is 67.5 Å². The Balaban J connectivity index is 1.35. The summed E-state index contributed by atoms with van der Waals surface area (Å²) in [6.45, 7) is 0. The predicted molar refractivity (Wildman–Crippen MR) is 112 cm³/mol. The van der Waals surface area contributed by atoms with Gasteiger partial charge in [-0.25, -0.2) is 0 Å². The molecule has 0 aromatic carbocycles. The standard InChI is InChI=1S/C14H9NS7/c1-3-15-4-2-9(1)7-18-10-8-19-13(20-10)14-21-11-12(22-14)17-6-5-16-11/h1-6,8H,7H2. The van der Waals surface area contributed by atoms with E-state index in [-0.39, 0.29) is 0 Å². The highest BCUT2D eigenvalue weighted by atomic mass is 32.3. The molecule has 22 heavy (non-hydrogen) atoms. The van der Waals surface area contributed by atoms with Crippen molar-refractivity contribution < 1.29 is 0 Å². The lowest BCUT2D eigenvalue weighted by Crippen LogP contribution is -1.79. The Morgan fingerprint density at radius 2 is 1.50 bits per heavy atom. The molecule has 3 aliphatic heterocycles. The van der Waals surface area contributed by atoms with Crippen molar-refractivity contribution in [1.82, 2.24) is 4.98 Å². The zero-order valence-corrected chi connectivity index (χ0v) is 16.8. The quantitative estimate of drug-likeness (QED) is 0.504. The van der Waals surface area contributed by atoms with Gasteiger partial charge in [0.2, 0.25) is 0 Å². The lowest BCUT2D eigenvalue weighted by atomic mass is 10.3. The van der Waals surface area contributed by atoms with Gasteiger partial charge in [-0.2, -0.15) is 0 Å². The zero-order chi connectivity index (χ0) is 14.8. The van der Waals surface area contributed by atoms with Crippen LogP contribution in [0.15, 0.2) is 61.9 Å². The summed E-state index contributed by atoms with van der Waals surface area (Å²) in [6.07, 6.45) is 3.72. The number of rotatable bonds is 3. The maximum Gasteiger partial charge on any atom is 0.0717 e. The van der Waals surface area contributed by atoms with Crippen LogP contribution in [0.3, 0.4) is 0 Å². The van der Waals surface area contributed by atoms with Gasteiger partial charge in [-0.15, -0.1) is 11.8 Å². The van der Waals surface area contributed by atoms with Crippen molar-refractivity contribution in [3.8, 4) is 0 Å². The van der Waals surface area contributed by atoms with Crippen molar-refractivity contribution >= 4 is 82.3 Å². The van der Waals surface area contributed by atoms with E-state index in [1.54, 1.807) is 0 Å². The molecule has 0 N–H and O–H groups in total. The van der Waals surface area contributed by atoms with Gasteiger partial charge in [0.05, 0.1) is 21.2 Å². The van der Waals surface area contributed by atoms with Crippen molar-refractivity contribution in [2.75, 3.05) is 0 Å². The SMILES string of the molecule is C1=CSC2=C(S1)SC(=C1SC=C(SCc3ccncc3)S1)S2. The van der Waals surface area contributed by atoms with E-state index in [0.717, 1.165) is 5.75 Å². The lowest BCUT2D eigenvalue weighted by Gasteiger charge is -2.03. The third-order valence-electron chi connectivity index (χ3n) is 2.70. The molecule has 1 aromatic heterocycles. The first-order valence-corrected chi connectivity index (χ1v) is 12.3. The average molecular weight is 416 g/mol. The third kappa shape index (κ3) is 3.79. The predicted octanol–water partition coefficient (Wildman–Crippen LogP) is 7.28. The van der Waals surface area contributed by atoms with Crippen LogP contribution in [-0.2, 0) is 5.75 Å². The van der Waals surface area contributed by atoms with E-state index in [2.05, 4.69) is 33.3 Å². The number of nitrogens with zero attached hydrogens (tertiary/aromatic N) is 1. The fourth-order valence-corrected chi connectivity index (χ4v) is 10.8. The van der Waals surface area contributed by atoms with Gasteiger partial charge < -0.3 is 0 Å². The van der Waals surface area contributed by atoms with Crippen LogP contribution in [0.25, 0.3) is 0 Å². The molecule has 0 saturated heterocycles. The highest BCUT2D eigenvalue weighted by Crippen LogP contribution is 2.64. The number of aromatic nitrogens is 1.